The number of rotatable bonds is 3. The molecule has 0 fully saturated rings. The van der Waals surface area contributed by atoms with Crippen LogP contribution in [0.25, 0.3) is 21.7 Å². The van der Waals surface area contributed by atoms with E-state index in [-0.39, 0.29) is 17.9 Å². The van der Waals surface area contributed by atoms with Crippen molar-refractivity contribution < 1.29 is 4.79 Å². The number of aromatic nitrogens is 3. The van der Waals surface area contributed by atoms with Crippen LogP contribution in [0.15, 0.2) is 65.6 Å². The Hall–Kier alpha value is -3.54. The number of carbonyl (C=O) groups excluding carboxylic acids is 1. The van der Waals surface area contributed by atoms with Gasteiger partial charge in [0.15, 0.2) is 0 Å². The number of pyridine rings is 1. The van der Waals surface area contributed by atoms with Gasteiger partial charge in [-0.2, -0.15) is 5.10 Å². The van der Waals surface area contributed by atoms with Gasteiger partial charge in [0.25, 0.3) is 5.56 Å². The highest BCUT2D eigenvalue weighted by Gasteiger charge is 2.11. The fraction of sp³-hybridized carbons (Fsp3) is 0.0526. The zero-order valence-corrected chi connectivity index (χ0v) is 13.2. The van der Waals surface area contributed by atoms with Gasteiger partial charge in [-0.3, -0.25) is 14.6 Å². The Bertz CT molecular complexity index is 1150. The third-order valence-corrected chi connectivity index (χ3v) is 3.98. The van der Waals surface area contributed by atoms with Crippen LogP contribution in [0.1, 0.15) is 5.69 Å². The Morgan fingerprint density at radius 1 is 1.04 bits per heavy atom. The van der Waals surface area contributed by atoms with Crippen LogP contribution in [0.2, 0.25) is 0 Å². The monoisotopic (exact) mass is 330 g/mol. The second-order valence-corrected chi connectivity index (χ2v) is 5.69. The molecule has 2 N–H and O–H groups in total. The van der Waals surface area contributed by atoms with Crippen molar-refractivity contribution in [1.82, 2.24) is 15.2 Å². The standard InChI is InChI=1S/C19H14N4O2/c24-18(21-13-9-12-5-1-4-8-16(12)20-11-13)10-17-14-6-2-3-7-15(14)19(25)23-22-17/h1-9,11H,10H2,(H,21,24)(H,23,25). The molecule has 4 aromatic rings. The molecule has 6 heteroatoms. The van der Waals surface area contributed by atoms with E-state index in [2.05, 4.69) is 20.5 Å². The number of fused-ring (bicyclic) bond motifs is 2. The fourth-order valence-electron chi connectivity index (χ4n) is 2.80. The molecule has 0 aliphatic carbocycles. The van der Waals surface area contributed by atoms with Gasteiger partial charge in [-0.25, -0.2) is 5.10 Å². The fourth-order valence-corrected chi connectivity index (χ4v) is 2.80. The summed E-state index contributed by atoms with van der Waals surface area (Å²) in [5.74, 6) is -0.221. The predicted molar refractivity (Wildman–Crippen MR) is 96.4 cm³/mol. The van der Waals surface area contributed by atoms with Crippen LogP contribution in [0.4, 0.5) is 5.69 Å². The van der Waals surface area contributed by atoms with Gasteiger partial charge in [0.05, 0.1) is 34.9 Å². The average molecular weight is 330 g/mol. The molecule has 0 spiro atoms. The Kier molecular flexibility index (Phi) is 3.70. The summed E-state index contributed by atoms with van der Waals surface area (Å²) in [7, 11) is 0. The molecular weight excluding hydrogens is 316 g/mol. The van der Waals surface area contributed by atoms with Crippen LogP contribution < -0.4 is 10.9 Å². The van der Waals surface area contributed by atoms with Crippen LogP contribution >= 0.6 is 0 Å². The SMILES string of the molecule is O=C(Cc1n[nH]c(=O)c2ccccc12)Nc1cnc2ccccc2c1. The maximum atomic E-state index is 12.4. The van der Waals surface area contributed by atoms with Crippen molar-refractivity contribution in [3.8, 4) is 0 Å². The van der Waals surface area contributed by atoms with E-state index < -0.39 is 0 Å². The van der Waals surface area contributed by atoms with Crippen LogP contribution in [0.5, 0.6) is 0 Å². The lowest BCUT2D eigenvalue weighted by molar-refractivity contribution is -0.115. The van der Waals surface area contributed by atoms with Crippen molar-refractivity contribution in [2.24, 2.45) is 0 Å². The molecule has 0 aliphatic rings. The molecule has 122 valence electrons. The molecule has 0 radical (unpaired) electrons. The zero-order chi connectivity index (χ0) is 17.2. The topological polar surface area (TPSA) is 87.7 Å². The molecule has 0 atom stereocenters. The molecule has 0 saturated heterocycles. The lowest BCUT2D eigenvalue weighted by atomic mass is 10.1. The third kappa shape index (κ3) is 2.97. The molecule has 2 heterocycles. The van der Waals surface area contributed by atoms with Crippen LogP contribution in [0, 0.1) is 0 Å². The Labute approximate surface area is 142 Å². The first kappa shape index (κ1) is 15.0. The van der Waals surface area contributed by atoms with E-state index in [0.717, 1.165) is 10.9 Å². The molecular formula is C19H14N4O2. The molecule has 2 aromatic carbocycles. The van der Waals surface area contributed by atoms with Gasteiger partial charge < -0.3 is 5.32 Å². The summed E-state index contributed by atoms with van der Waals surface area (Å²) in [6.07, 6.45) is 1.68. The largest absolute Gasteiger partial charge is 0.324 e. The second-order valence-electron chi connectivity index (χ2n) is 5.69. The van der Waals surface area contributed by atoms with Gasteiger partial charge >= 0.3 is 0 Å². The lowest BCUT2D eigenvalue weighted by Crippen LogP contribution is -2.18. The summed E-state index contributed by atoms with van der Waals surface area (Å²) in [5.41, 5.74) is 1.76. The molecule has 25 heavy (non-hydrogen) atoms. The van der Waals surface area contributed by atoms with Crippen molar-refractivity contribution in [2.45, 2.75) is 6.42 Å². The molecule has 4 rings (SSSR count). The summed E-state index contributed by atoms with van der Waals surface area (Å²) in [5, 5.41) is 11.4. The van der Waals surface area contributed by atoms with Gasteiger partial charge in [0.1, 0.15) is 0 Å². The van der Waals surface area contributed by atoms with E-state index in [1.54, 1.807) is 24.4 Å². The number of H-pyrrole nitrogens is 1. The van der Waals surface area contributed by atoms with Crippen molar-refractivity contribution in [3.05, 3.63) is 76.8 Å². The summed E-state index contributed by atoms with van der Waals surface area (Å²) < 4.78 is 0. The van der Waals surface area contributed by atoms with E-state index in [1.165, 1.54) is 0 Å². The lowest BCUT2D eigenvalue weighted by Gasteiger charge is -2.07. The molecule has 0 saturated carbocycles. The highest BCUT2D eigenvalue weighted by molar-refractivity contribution is 5.96. The Morgan fingerprint density at radius 3 is 2.68 bits per heavy atom. The van der Waals surface area contributed by atoms with Crippen LogP contribution in [0.3, 0.4) is 0 Å². The molecule has 0 aliphatic heterocycles. The van der Waals surface area contributed by atoms with Crippen molar-refractivity contribution >= 4 is 33.3 Å². The third-order valence-electron chi connectivity index (χ3n) is 3.98. The van der Waals surface area contributed by atoms with Gasteiger partial charge in [-0.05, 0) is 18.2 Å². The number of nitrogens with one attached hydrogen (secondary N) is 2. The van der Waals surface area contributed by atoms with Crippen LogP contribution in [-0.4, -0.2) is 21.1 Å². The van der Waals surface area contributed by atoms with Gasteiger partial charge in [0, 0.05) is 10.8 Å². The first-order valence-corrected chi connectivity index (χ1v) is 7.82. The summed E-state index contributed by atoms with van der Waals surface area (Å²) in [6.45, 7) is 0. The molecule has 6 nitrogen and oxygen atoms in total. The van der Waals surface area contributed by atoms with Crippen molar-refractivity contribution in [3.63, 3.8) is 0 Å². The zero-order valence-electron chi connectivity index (χ0n) is 13.2. The number of benzene rings is 2. The number of anilines is 1. The quantitative estimate of drug-likeness (QED) is 0.604. The first-order chi connectivity index (χ1) is 12.2. The smallest absolute Gasteiger partial charge is 0.272 e. The maximum absolute atomic E-state index is 12.4. The highest BCUT2D eigenvalue weighted by atomic mass is 16.1. The Balaban J connectivity index is 1.60. The highest BCUT2D eigenvalue weighted by Crippen LogP contribution is 2.17. The maximum Gasteiger partial charge on any atom is 0.272 e. The number of amides is 1. The minimum atomic E-state index is -0.265. The summed E-state index contributed by atoms with van der Waals surface area (Å²) >= 11 is 0. The van der Waals surface area contributed by atoms with E-state index in [9.17, 15) is 9.59 Å². The van der Waals surface area contributed by atoms with E-state index in [1.807, 2.05) is 36.4 Å². The molecule has 1 amide bonds. The van der Waals surface area contributed by atoms with Crippen molar-refractivity contribution in [1.29, 1.82) is 0 Å². The minimum absolute atomic E-state index is 0.0596. The predicted octanol–water partition coefficient (Wildman–Crippen LogP) is 2.65. The number of nitrogens with zero attached hydrogens (tertiary/aromatic N) is 2. The van der Waals surface area contributed by atoms with Gasteiger partial charge in [0.2, 0.25) is 5.91 Å². The first-order valence-electron chi connectivity index (χ1n) is 7.82. The molecule has 0 bridgehead atoms. The summed E-state index contributed by atoms with van der Waals surface area (Å²) in [6, 6.07) is 16.7. The molecule has 0 unspecified atom stereocenters. The number of carbonyl (C=O) groups is 1. The minimum Gasteiger partial charge on any atom is -0.324 e. The van der Waals surface area contributed by atoms with E-state index in [4.69, 9.17) is 0 Å². The number of hydrogen-bond donors (Lipinski definition) is 2. The average Bonchev–Trinajstić information content (AvgIpc) is 2.64. The summed E-state index contributed by atoms with van der Waals surface area (Å²) in [4.78, 5) is 28.5. The number of aromatic amines is 1. The molecule has 2 aromatic heterocycles. The van der Waals surface area contributed by atoms with E-state index in [0.29, 0.717) is 22.2 Å². The second kappa shape index (κ2) is 6.16. The van der Waals surface area contributed by atoms with E-state index >= 15 is 0 Å². The van der Waals surface area contributed by atoms with Crippen molar-refractivity contribution in [2.75, 3.05) is 5.32 Å². The Morgan fingerprint density at radius 2 is 1.80 bits per heavy atom. The normalized spacial score (nSPS) is 10.9. The van der Waals surface area contributed by atoms with Crippen LogP contribution in [-0.2, 0) is 11.2 Å². The van der Waals surface area contributed by atoms with Gasteiger partial charge in [-0.15, -0.1) is 0 Å². The number of hydrogen-bond acceptors (Lipinski definition) is 4. The number of para-hydroxylation sites is 1. The van der Waals surface area contributed by atoms with Gasteiger partial charge in [-0.1, -0.05) is 36.4 Å².